The van der Waals surface area contributed by atoms with Crippen molar-refractivity contribution in [3.63, 3.8) is 0 Å². The molecule has 2 bridgehead atoms. The van der Waals surface area contributed by atoms with Crippen molar-refractivity contribution >= 4 is 29.7 Å². The predicted molar refractivity (Wildman–Crippen MR) is 115 cm³/mol. The lowest BCUT2D eigenvalue weighted by atomic mass is 10.1. The van der Waals surface area contributed by atoms with Crippen molar-refractivity contribution in [3.05, 3.63) is 59.6 Å². The summed E-state index contributed by atoms with van der Waals surface area (Å²) < 4.78 is 1.89. The average Bonchev–Trinajstić information content (AvgIpc) is 3.41. The summed E-state index contributed by atoms with van der Waals surface area (Å²) in [5, 5.41) is 10.4. The van der Waals surface area contributed by atoms with Crippen molar-refractivity contribution in [2.75, 3.05) is 13.1 Å². The second kappa shape index (κ2) is 8.07. The molecule has 2 atom stereocenters. The van der Waals surface area contributed by atoms with Crippen LogP contribution in [0.4, 0.5) is 0 Å². The summed E-state index contributed by atoms with van der Waals surface area (Å²) in [4.78, 5) is 16.3. The second-order valence-corrected chi connectivity index (χ2v) is 8.26. The summed E-state index contributed by atoms with van der Waals surface area (Å²) in [6.07, 6.45) is 3.42. The number of carbonyl (C=O) groups excluding carboxylic acids is 1. The molecule has 5 rings (SSSR count). The number of para-hydroxylation sites is 1. The summed E-state index contributed by atoms with van der Waals surface area (Å²) in [6.45, 7) is 1.58. The molecule has 2 aromatic heterocycles. The Labute approximate surface area is 174 Å². The van der Waals surface area contributed by atoms with Crippen LogP contribution in [0.15, 0.2) is 53.9 Å². The molecule has 0 spiro atoms. The van der Waals surface area contributed by atoms with E-state index in [0.29, 0.717) is 17.8 Å². The lowest BCUT2D eigenvalue weighted by Gasteiger charge is -2.23. The summed E-state index contributed by atoms with van der Waals surface area (Å²) in [5.74, 6) is 0.0387. The third-order valence-electron chi connectivity index (χ3n) is 5.51. The monoisotopic (exact) mass is 414 g/mol. The van der Waals surface area contributed by atoms with E-state index in [1.165, 1.54) is 6.42 Å². The van der Waals surface area contributed by atoms with Crippen LogP contribution < -0.4 is 5.32 Å². The van der Waals surface area contributed by atoms with Crippen LogP contribution in [-0.4, -0.2) is 45.8 Å². The average molecular weight is 415 g/mol. The van der Waals surface area contributed by atoms with E-state index in [-0.39, 0.29) is 18.3 Å². The highest BCUT2D eigenvalue weighted by molar-refractivity contribution is 7.13. The Kier molecular flexibility index (Phi) is 5.53. The number of aromatic nitrogens is 2. The molecule has 2 fully saturated rings. The maximum Gasteiger partial charge on any atom is 0.274 e. The number of thiophene rings is 1. The fourth-order valence-electron chi connectivity index (χ4n) is 4.14. The largest absolute Gasteiger partial charge is 0.336 e. The molecule has 4 heterocycles. The zero-order chi connectivity index (χ0) is 18.2. The highest BCUT2D eigenvalue weighted by atomic mass is 35.5. The van der Waals surface area contributed by atoms with Gasteiger partial charge in [-0.05, 0) is 48.9 Å². The van der Waals surface area contributed by atoms with Gasteiger partial charge in [0.1, 0.15) is 0 Å². The molecule has 2 aliphatic heterocycles. The van der Waals surface area contributed by atoms with E-state index in [1.807, 2.05) is 52.0 Å². The van der Waals surface area contributed by atoms with Gasteiger partial charge in [0, 0.05) is 25.2 Å². The summed E-state index contributed by atoms with van der Waals surface area (Å²) >= 11 is 1.66. The van der Waals surface area contributed by atoms with Crippen LogP contribution in [0.2, 0.25) is 0 Å². The minimum atomic E-state index is 0. The van der Waals surface area contributed by atoms with Gasteiger partial charge in [0.05, 0.1) is 16.3 Å². The van der Waals surface area contributed by atoms with Crippen molar-refractivity contribution < 1.29 is 4.79 Å². The van der Waals surface area contributed by atoms with Crippen molar-refractivity contribution in [1.29, 1.82) is 0 Å². The first kappa shape index (κ1) is 19.2. The number of hydrogen-bond donors (Lipinski definition) is 1. The smallest absolute Gasteiger partial charge is 0.274 e. The molecule has 3 aromatic rings. The number of amides is 1. The van der Waals surface area contributed by atoms with Gasteiger partial charge in [-0.2, -0.15) is 5.10 Å². The zero-order valence-electron chi connectivity index (χ0n) is 15.5. The minimum Gasteiger partial charge on any atom is -0.336 e. The maximum absolute atomic E-state index is 13.2. The van der Waals surface area contributed by atoms with Crippen molar-refractivity contribution in [2.45, 2.75) is 31.3 Å². The zero-order valence-corrected chi connectivity index (χ0v) is 17.1. The molecular weight excluding hydrogens is 392 g/mol. The topological polar surface area (TPSA) is 50.2 Å². The van der Waals surface area contributed by atoms with Gasteiger partial charge in [-0.3, -0.25) is 4.79 Å². The standard InChI is InChI=1S/C21H22N4OS.ClH/c26-21(24-11-10-15-8-9-16(14-24)22-15)18-13-19(20-7-4-12-27-20)25(23-18)17-5-2-1-3-6-17;/h1-7,12-13,15-16,22H,8-11,14H2;1H. The van der Waals surface area contributed by atoms with E-state index in [1.54, 1.807) is 11.3 Å². The van der Waals surface area contributed by atoms with Crippen molar-refractivity contribution in [2.24, 2.45) is 0 Å². The van der Waals surface area contributed by atoms with Gasteiger partial charge in [-0.25, -0.2) is 4.68 Å². The number of nitrogens with one attached hydrogen (secondary N) is 1. The Morgan fingerprint density at radius 1 is 1.07 bits per heavy atom. The number of hydrogen-bond acceptors (Lipinski definition) is 4. The number of carbonyl (C=O) groups is 1. The van der Waals surface area contributed by atoms with Crippen LogP contribution in [-0.2, 0) is 0 Å². The van der Waals surface area contributed by atoms with E-state index >= 15 is 0 Å². The molecular formula is C21H23ClN4OS. The number of nitrogens with zero attached hydrogens (tertiary/aromatic N) is 3. The third-order valence-corrected chi connectivity index (χ3v) is 6.41. The summed E-state index contributed by atoms with van der Waals surface area (Å²) in [5.41, 5.74) is 2.46. The van der Waals surface area contributed by atoms with Crippen LogP contribution in [0.3, 0.4) is 0 Å². The van der Waals surface area contributed by atoms with Gasteiger partial charge >= 0.3 is 0 Å². The SMILES string of the molecule is Cl.O=C(c1cc(-c2cccs2)n(-c2ccccc2)n1)N1CCC2CCC(C1)N2. The fourth-order valence-corrected chi connectivity index (χ4v) is 4.87. The molecule has 5 nitrogen and oxygen atoms in total. The van der Waals surface area contributed by atoms with Gasteiger partial charge < -0.3 is 10.2 Å². The van der Waals surface area contributed by atoms with Gasteiger partial charge in [0.25, 0.3) is 5.91 Å². The van der Waals surface area contributed by atoms with Crippen LogP contribution in [0.25, 0.3) is 16.3 Å². The predicted octanol–water partition coefficient (Wildman–Crippen LogP) is 3.99. The molecule has 2 aliphatic rings. The second-order valence-electron chi connectivity index (χ2n) is 7.32. The molecule has 7 heteroatoms. The normalized spacial score (nSPS) is 21.2. The quantitative estimate of drug-likeness (QED) is 0.705. The van der Waals surface area contributed by atoms with E-state index in [9.17, 15) is 4.79 Å². The third kappa shape index (κ3) is 3.60. The lowest BCUT2D eigenvalue weighted by molar-refractivity contribution is 0.0741. The van der Waals surface area contributed by atoms with Gasteiger partial charge in [0.2, 0.25) is 0 Å². The Morgan fingerprint density at radius 3 is 2.68 bits per heavy atom. The van der Waals surface area contributed by atoms with Gasteiger partial charge in [0.15, 0.2) is 5.69 Å². The first-order valence-electron chi connectivity index (χ1n) is 9.52. The van der Waals surface area contributed by atoms with Crippen LogP contribution in [0, 0.1) is 0 Å². The molecule has 1 N–H and O–H groups in total. The van der Waals surface area contributed by atoms with Crippen LogP contribution in [0.5, 0.6) is 0 Å². The van der Waals surface area contributed by atoms with Crippen molar-refractivity contribution in [1.82, 2.24) is 20.0 Å². The Hall–Kier alpha value is -2.15. The molecule has 2 unspecified atom stereocenters. The fraction of sp³-hybridized carbons (Fsp3) is 0.333. The molecule has 0 radical (unpaired) electrons. The number of benzene rings is 1. The molecule has 1 aromatic carbocycles. The number of fused-ring (bicyclic) bond motifs is 2. The van der Waals surface area contributed by atoms with Gasteiger partial charge in [-0.1, -0.05) is 24.3 Å². The summed E-state index contributed by atoms with van der Waals surface area (Å²) in [6, 6.07) is 17.1. The molecule has 0 saturated carbocycles. The van der Waals surface area contributed by atoms with E-state index in [4.69, 9.17) is 5.10 Å². The van der Waals surface area contributed by atoms with Crippen molar-refractivity contribution in [3.8, 4) is 16.3 Å². The Balaban J connectivity index is 0.00000192. The highest BCUT2D eigenvalue weighted by Crippen LogP contribution is 2.29. The molecule has 146 valence electrons. The van der Waals surface area contributed by atoms with E-state index in [0.717, 1.165) is 42.2 Å². The van der Waals surface area contributed by atoms with Crippen LogP contribution in [0.1, 0.15) is 29.8 Å². The van der Waals surface area contributed by atoms with Crippen LogP contribution >= 0.6 is 23.7 Å². The Bertz CT molecular complexity index is 941. The number of likely N-dealkylation sites (tertiary alicyclic amines) is 1. The lowest BCUT2D eigenvalue weighted by Crippen LogP contribution is -2.39. The number of halogens is 1. The minimum absolute atomic E-state index is 0. The molecule has 1 amide bonds. The molecule has 0 aliphatic carbocycles. The Morgan fingerprint density at radius 2 is 1.89 bits per heavy atom. The molecule has 2 saturated heterocycles. The first-order valence-corrected chi connectivity index (χ1v) is 10.4. The molecule has 28 heavy (non-hydrogen) atoms. The maximum atomic E-state index is 13.2. The highest BCUT2D eigenvalue weighted by Gasteiger charge is 2.32. The number of rotatable bonds is 3. The first-order chi connectivity index (χ1) is 13.3. The van der Waals surface area contributed by atoms with E-state index in [2.05, 4.69) is 16.8 Å². The summed E-state index contributed by atoms with van der Waals surface area (Å²) in [7, 11) is 0. The van der Waals surface area contributed by atoms with E-state index < -0.39 is 0 Å². The van der Waals surface area contributed by atoms with Gasteiger partial charge in [-0.15, -0.1) is 23.7 Å².